The average Bonchev–Trinajstić information content (AvgIpc) is 2.73. The van der Waals surface area contributed by atoms with E-state index in [1.54, 1.807) is 30.3 Å². The Labute approximate surface area is 121 Å². The fourth-order valence-electron chi connectivity index (χ4n) is 2.73. The molecule has 0 fully saturated rings. The van der Waals surface area contributed by atoms with Gasteiger partial charge < -0.3 is 0 Å². The SMILES string of the molecule is CC1/C(=C/c2ccccc2[N+](=O)[O-])C(=O)c2ccccc21. The number of fused-ring (bicyclic) bond motifs is 1. The molecule has 1 atom stereocenters. The van der Waals surface area contributed by atoms with Crippen LogP contribution in [0, 0.1) is 10.1 Å². The molecule has 0 spiro atoms. The van der Waals surface area contributed by atoms with E-state index in [9.17, 15) is 14.9 Å². The molecule has 0 radical (unpaired) electrons. The molecule has 21 heavy (non-hydrogen) atoms. The van der Waals surface area contributed by atoms with Crippen LogP contribution in [0.25, 0.3) is 6.08 Å². The summed E-state index contributed by atoms with van der Waals surface area (Å²) in [5.41, 5.74) is 2.75. The fraction of sp³-hybridized carbons (Fsp3) is 0.118. The monoisotopic (exact) mass is 279 g/mol. The van der Waals surface area contributed by atoms with Gasteiger partial charge in [0.25, 0.3) is 5.69 Å². The van der Waals surface area contributed by atoms with Gasteiger partial charge in [-0.15, -0.1) is 0 Å². The molecule has 4 nitrogen and oxygen atoms in total. The molecule has 104 valence electrons. The number of ketones is 1. The quantitative estimate of drug-likeness (QED) is 0.474. The zero-order valence-electron chi connectivity index (χ0n) is 11.4. The Bertz CT molecular complexity index is 777. The third-order valence-corrected chi connectivity index (χ3v) is 3.85. The number of hydrogen-bond donors (Lipinski definition) is 0. The molecule has 0 bridgehead atoms. The van der Waals surface area contributed by atoms with Crippen molar-refractivity contribution in [2.75, 3.05) is 0 Å². The summed E-state index contributed by atoms with van der Waals surface area (Å²) >= 11 is 0. The summed E-state index contributed by atoms with van der Waals surface area (Å²) < 4.78 is 0. The lowest BCUT2D eigenvalue weighted by Crippen LogP contribution is -1.98. The number of benzene rings is 2. The summed E-state index contributed by atoms with van der Waals surface area (Å²) in [6.45, 7) is 1.95. The summed E-state index contributed by atoms with van der Waals surface area (Å²) in [6, 6.07) is 13.9. The molecule has 2 aromatic rings. The van der Waals surface area contributed by atoms with Crippen molar-refractivity contribution in [3.05, 3.63) is 80.9 Å². The topological polar surface area (TPSA) is 60.2 Å². The minimum atomic E-state index is -0.427. The van der Waals surface area contributed by atoms with Gasteiger partial charge in [0.2, 0.25) is 0 Å². The number of Topliss-reactive ketones (excluding diaryl/α,β-unsaturated/α-hetero) is 1. The molecule has 0 N–H and O–H groups in total. The molecule has 0 saturated carbocycles. The van der Waals surface area contributed by atoms with Crippen LogP contribution in [0.4, 0.5) is 5.69 Å². The minimum Gasteiger partial charge on any atom is -0.289 e. The van der Waals surface area contributed by atoms with Crippen molar-refractivity contribution < 1.29 is 9.72 Å². The van der Waals surface area contributed by atoms with Gasteiger partial charge in [-0.2, -0.15) is 0 Å². The van der Waals surface area contributed by atoms with Gasteiger partial charge >= 0.3 is 0 Å². The van der Waals surface area contributed by atoms with Gasteiger partial charge in [0.1, 0.15) is 0 Å². The Morgan fingerprint density at radius 1 is 1.10 bits per heavy atom. The number of rotatable bonds is 2. The third-order valence-electron chi connectivity index (χ3n) is 3.85. The lowest BCUT2D eigenvalue weighted by Gasteiger charge is -2.05. The van der Waals surface area contributed by atoms with E-state index in [1.807, 2.05) is 25.1 Å². The van der Waals surface area contributed by atoms with Crippen LogP contribution in [0.3, 0.4) is 0 Å². The molecule has 1 aliphatic rings. The second-order valence-electron chi connectivity index (χ2n) is 5.05. The van der Waals surface area contributed by atoms with Crippen LogP contribution in [-0.2, 0) is 0 Å². The Balaban J connectivity index is 2.11. The molecule has 3 rings (SSSR count). The first-order valence-electron chi connectivity index (χ1n) is 6.68. The number of nitro benzene ring substituents is 1. The lowest BCUT2D eigenvalue weighted by atomic mass is 9.98. The summed E-state index contributed by atoms with van der Waals surface area (Å²) in [4.78, 5) is 23.1. The van der Waals surface area contributed by atoms with Gasteiger partial charge in [-0.25, -0.2) is 0 Å². The standard InChI is InChI=1S/C17H13NO3/c1-11-13-7-3-4-8-14(13)17(19)15(11)10-12-6-2-5-9-16(12)18(20)21/h2-11H,1H3/b15-10-. The maximum Gasteiger partial charge on any atom is 0.276 e. The number of allylic oxidation sites excluding steroid dienone is 1. The Morgan fingerprint density at radius 2 is 1.76 bits per heavy atom. The zero-order chi connectivity index (χ0) is 15.0. The highest BCUT2D eigenvalue weighted by molar-refractivity contribution is 6.16. The highest BCUT2D eigenvalue weighted by Crippen LogP contribution is 2.38. The smallest absolute Gasteiger partial charge is 0.276 e. The van der Waals surface area contributed by atoms with Gasteiger partial charge in [-0.3, -0.25) is 14.9 Å². The van der Waals surface area contributed by atoms with Gasteiger partial charge in [-0.05, 0) is 17.7 Å². The van der Waals surface area contributed by atoms with E-state index in [2.05, 4.69) is 0 Å². The highest BCUT2D eigenvalue weighted by Gasteiger charge is 2.31. The van der Waals surface area contributed by atoms with Crippen molar-refractivity contribution in [1.29, 1.82) is 0 Å². The first kappa shape index (κ1) is 13.2. The fourth-order valence-corrected chi connectivity index (χ4v) is 2.73. The molecule has 0 saturated heterocycles. The van der Waals surface area contributed by atoms with E-state index < -0.39 is 4.92 Å². The molecule has 4 heteroatoms. The summed E-state index contributed by atoms with van der Waals surface area (Å²) in [5.74, 6) is -0.0928. The largest absolute Gasteiger partial charge is 0.289 e. The number of nitro groups is 1. The van der Waals surface area contributed by atoms with Crippen molar-refractivity contribution in [3.63, 3.8) is 0 Å². The van der Waals surface area contributed by atoms with E-state index >= 15 is 0 Å². The zero-order valence-corrected chi connectivity index (χ0v) is 11.4. The van der Waals surface area contributed by atoms with Crippen molar-refractivity contribution in [2.45, 2.75) is 12.8 Å². The van der Waals surface area contributed by atoms with E-state index in [0.717, 1.165) is 5.56 Å². The van der Waals surface area contributed by atoms with E-state index in [-0.39, 0.29) is 17.4 Å². The van der Waals surface area contributed by atoms with Crippen molar-refractivity contribution in [1.82, 2.24) is 0 Å². The number of carbonyl (C=O) groups excluding carboxylic acids is 1. The highest BCUT2D eigenvalue weighted by atomic mass is 16.6. The van der Waals surface area contributed by atoms with Crippen molar-refractivity contribution in [3.8, 4) is 0 Å². The van der Waals surface area contributed by atoms with Gasteiger partial charge in [0, 0.05) is 23.1 Å². The molecule has 1 aliphatic carbocycles. The lowest BCUT2D eigenvalue weighted by molar-refractivity contribution is -0.385. The predicted molar refractivity (Wildman–Crippen MR) is 80.3 cm³/mol. The van der Waals surface area contributed by atoms with Crippen LogP contribution in [0.5, 0.6) is 0 Å². The Hall–Kier alpha value is -2.75. The van der Waals surface area contributed by atoms with Crippen LogP contribution in [-0.4, -0.2) is 10.7 Å². The maximum atomic E-state index is 12.5. The van der Waals surface area contributed by atoms with Crippen LogP contribution in [0.2, 0.25) is 0 Å². The molecule has 2 aromatic carbocycles. The predicted octanol–water partition coefficient (Wildman–Crippen LogP) is 3.98. The molecule has 0 aliphatic heterocycles. The molecule has 0 amide bonds. The van der Waals surface area contributed by atoms with Crippen molar-refractivity contribution in [2.24, 2.45) is 0 Å². The number of carbonyl (C=O) groups is 1. The van der Waals surface area contributed by atoms with Crippen LogP contribution in [0.1, 0.15) is 34.3 Å². The summed E-state index contributed by atoms with van der Waals surface area (Å²) in [7, 11) is 0. The number of hydrogen-bond acceptors (Lipinski definition) is 3. The maximum absolute atomic E-state index is 12.5. The summed E-state index contributed by atoms with van der Waals surface area (Å²) in [5, 5.41) is 11.1. The van der Waals surface area contributed by atoms with Crippen molar-refractivity contribution >= 4 is 17.5 Å². The average molecular weight is 279 g/mol. The second kappa shape index (κ2) is 4.98. The first-order chi connectivity index (χ1) is 10.1. The Morgan fingerprint density at radius 3 is 2.48 bits per heavy atom. The van der Waals surface area contributed by atoms with Crippen LogP contribution >= 0.6 is 0 Å². The summed E-state index contributed by atoms with van der Waals surface area (Å²) in [6.07, 6.45) is 1.64. The first-order valence-corrected chi connectivity index (χ1v) is 6.68. The van der Waals surface area contributed by atoms with Crippen LogP contribution < -0.4 is 0 Å². The normalized spacial score (nSPS) is 18.8. The second-order valence-corrected chi connectivity index (χ2v) is 5.05. The van der Waals surface area contributed by atoms with Gasteiger partial charge in [0.05, 0.1) is 10.5 Å². The molecule has 1 unspecified atom stereocenters. The number of nitrogens with zero attached hydrogens (tertiary/aromatic N) is 1. The molecule has 0 aromatic heterocycles. The van der Waals surface area contributed by atoms with E-state index in [0.29, 0.717) is 16.7 Å². The van der Waals surface area contributed by atoms with E-state index in [4.69, 9.17) is 0 Å². The van der Waals surface area contributed by atoms with Crippen LogP contribution in [0.15, 0.2) is 54.1 Å². The molecular formula is C17H13NO3. The van der Waals surface area contributed by atoms with Gasteiger partial charge in [-0.1, -0.05) is 43.3 Å². The van der Waals surface area contributed by atoms with Gasteiger partial charge in [0.15, 0.2) is 5.78 Å². The molecule has 0 heterocycles. The van der Waals surface area contributed by atoms with E-state index in [1.165, 1.54) is 6.07 Å². The molecular weight excluding hydrogens is 266 g/mol. The number of para-hydroxylation sites is 1. The minimum absolute atomic E-state index is 0.0148. The Kier molecular flexibility index (Phi) is 3.14. The third kappa shape index (κ3) is 2.14.